The summed E-state index contributed by atoms with van der Waals surface area (Å²) in [6.07, 6.45) is 2.72. The molecular weight excluding hydrogens is 212 g/mol. The van der Waals surface area contributed by atoms with Crippen LogP contribution in [0, 0.1) is 5.92 Å². The van der Waals surface area contributed by atoms with Crippen LogP contribution in [-0.4, -0.2) is 22.0 Å². The Morgan fingerprint density at radius 2 is 2.31 bits per heavy atom. The van der Waals surface area contributed by atoms with Crippen molar-refractivity contribution in [2.24, 2.45) is 5.92 Å². The number of carbonyl (C=O) groups is 2. The predicted molar refractivity (Wildman–Crippen MR) is 56.2 cm³/mol. The van der Waals surface area contributed by atoms with Gasteiger partial charge >= 0.3 is 12.0 Å². The van der Waals surface area contributed by atoms with Gasteiger partial charge in [-0.15, -0.1) is 0 Å². The molecule has 1 atom stereocenters. The van der Waals surface area contributed by atoms with Crippen molar-refractivity contribution in [1.29, 1.82) is 0 Å². The first-order valence-corrected chi connectivity index (χ1v) is 5.04. The van der Waals surface area contributed by atoms with Crippen LogP contribution in [0.2, 0.25) is 0 Å². The average Bonchev–Trinajstić information content (AvgIpc) is 2.66. The van der Waals surface area contributed by atoms with E-state index in [2.05, 4.69) is 10.3 Å². The van der Waals surface area contributed by atoms with E-state index >= 15 is 0 Å². The summed E-state index contributed by atoms with van der Waals surface area (Å²) in [7, 11) is 0. The molecule has 88 valence electrons. The predicted octanol–water partition coefficient (Wildman–Crippen LogP) is 1.75. The Kier molecular flexibility index (Phi) is 4.04. The lowest BCUT2D eigenvalue weighted by molar-refractivity contribution is -0.119. The lowest BCUT2D eigenvalue weighted by Gasteiger charge is -2.07. The smallest absolute Gasteiger partial charge is 0.373 e. The van der Waals surface area contributed by atoms with Crippen LogP contribution in [-0.2, 0) is 4.79 Å². The van der Waals surface area contributed by atoms with E-state index in [1.807, 2.05) is 6.92 Å². The number of carboxylic acid groups (broad SMARTS) is 1. The molecule has 0 aromatic carbocycles. The molecule has 6 heteroatoms. The molecular formula is C10H14N2O4. The minimum Gasteiger partial charge on any atom is -0.475 e. The summed E-state index contributed by atoms with van der Waals surface area (Å²) in [6.45, 7) is 3.78. The van der Waals surface area contributed by atoms with Gasteiger partial charge < -0.3 is 9.52 Å². The molecule has 1 amide bonds. The van der Waals surface area contributed by atoms with Gasteiger partial charge in [0.25, 0.3) is 0 Å². The first-order chi connectivity index (χ1) is 7.54. The average molecular weight is 226 g/mol. The number of amides is 1. The third kappa shape index (κ3) is 3.08. The summed E-state index contributed by atoms with van der Waals surface area (Å²) in [5.41, 5.74) is 0. The van der Waals surface area contributed by atoms with Crippen molar-refractivity contribution in [1.82, 2.24) is 4.98 Å². The quantitative estimate of drug-likeness (QED) is 0.797. The van der Waals surface area contributed by atoms with E-state index in [0.717, 1.165) is 19.0 Å². The number of hydrogen-bond acceptors (Lipinski definition) is 4. The number of carboxylic acids is 1. The Hall–Kier alpha value is -1.85. The number of nitrogens with one attached hydrogen (secondary N) is 1. The van der Waals surface area contributed by atoms with Crippen LogP contribution in [0.3, 0.4) is 0 Å². The zero-order chi connectivity index (χ0) is 12.1. The van der Waals surface area contributed by atoms with Crippen molar-refractivity contribution in [2.45, 2.75) is 26.7 Å². The van der Waals surface area contributed by atoms with Gasteiger partial charge in [-0.3, -0.25) is 10.1 Å². The van der Waals surface area contributed by atoms with Gasteiger partial charge in [-0.2, -0.15) is 0 Å². The molecule has 0 bridgehead atoms. The van der Waals surface area contributed by atoms with Crippen molar-refractivity contribution in [3.63, 3.8) is 0 Å². The maximum absolute atomic E-state index is 11.5. The summed E-state index contributed by atoms with van der Waals surface area (Å²) in [5.74, 6) is -1.88. The Morgan fingerprint density at radius 3 is 2.81 bits per heavy atom. The SMILES string of the molecule is CCCC(C)C(=O)Nc1ncc(C(=O)O)o1. The molecule has 0 aliphatic rings. The van der Waals surface area contributed by atoms with E-state index in [1.165, 1.54) is 0 Å². The molecule has 0 fully saturated rings. The molecule has 1 rings (SSSR count). The highest BCUT2D eigenvalue weighted by atomic mass is 16.4. The molecule has 1 aromatic rings. The van der Waals surface area contributed by atoms with E-state index in [9.17, 15) is 9.59 Å². The van der Waals surface area contributed by atoms with Gasteiger partial charge in [-0.25, -0.2) is 9.78 Å². The number of aromatic carboxylic acids is 1. The first kappa shape index (κ1) is 12.2. The maximum Gasteiger partial charge on any atom is 0.373 e. The second-order valence-corrected chi connectivity index (χ2v) is 3.51. The molecule has 0 saturated carbocycles. The van der Waals surface area contributed by atoms with Gasteiger partial charge in [0.2, 0.25) is 11.7 Å². The standard InChI is InChI=1S/C10H14N2O4/c1-3-4-6(2)8(13)12-10-11-5-7(16-10)9(14)15/h5-6H,3-4H2,1-2H3,(H,14,15)(H,11,12,13). The van der Waals surface area contributed by atoms with Crippen LogP contribution in [0.1, 0.15) is 37.2 Å². The number of nitrogens with zero attached hydrogens (tertiary/aromatic N) is 1. The van der Waals surface area contributed by atoms with E-state index in [0.29, 0.717) is 0 Å². The molecule has 0 aliphatic carbocycles. The van der Waals surface area contributed by atoms with Gasteiger partial charge in [0.05, 0.1) is 6.20 Å². The number of oxazole rings is 1. The van der Waals surface area contributed by atoms with Gasteiger partial charge in [0, 0.05) is 5.92 Å². The number of carbonyl (C=O) groups excluding carboxylic acids is 1. The topological polar surface area (TPSA) is 92.4 Å². The molecule has 0 spiro atoms. The molecule has 2 N–H and O–H groups in total. The van der Waals surface area contributed by atoms with Crippen LogP contribution in [0.25, 0.3) is 0 Å². The maximum atomic E-state index is 11.5. The number of aromatic nitrogens is 1. The molecule has 0 aliphatic heterocycles. The van der Waals surface area contributed by atoms with E-state index < -0.39 is 5.97 Å². The van der Waals surface area contributed by atoms with E-state index in [4.69, 9.17) is 9.52 Å². The van der Waals surface area contributed by atoms with Crippen molar-refractivity contribution < 1.29 is 19.1 Å². The van der Waals surface area contributed by atoms with Crippen molar-refractivity contribution in [3.8, 4) is 0 Å². The Bertz CT molecular complexity index is 386. The summed E-state index contributed by atoms with van der Waals surface area (Å²) in [6, 6.07) is -0.0784. The van der Waals surface area contributed by atoms with Crippen LogP contribution in [0.4, 0.5) is 6.01 Å². The number of anilines is 1. The first-order valence-electron chi connectivity index (χ1n) is 5.04. The highest BCUT2D eigenvalue weighted by Crippen LogP contribution is 2.12. The zero-order valence-corrected chi connectivity index (χ0v) is 9.19. The molecule has 0 saturated heterocycles. The minimum atomic E-state index is -1.21. The highest BCUT2D eigenvalue weighted by Gasteiger charge is 2.16. The van der Waals surface area contributed by atoms with Crippen LogP contribution in [0.5, 0.6) is 0 Å². The fraction of sp³-hybridized carbons (Fsp3) is 0.500. The van der Waals surface area contributed by atoms with E-state index in [-0.39, 0.29) is 23.6 Å². The van der Waals surface area contributed by atoms with Crippen molar-refractivity contribution in [2.75, 3.05) is 5.32 Å². The molecule has 1 unspecified atom stereocenters. The second-order valence-electron chi connectivity index (χ2n) is 3.51. The largest absolute Gasteiger partial charge is 0.475 e. The second kappa shape index (κ2) is 5.29. The third-order valence-corrected chi connectivity index (χ3v) is 2.12. The van der Waals surface area contributed by atoms with Gasteiger partial charge in [0.15, 0.2) is 0 Å². The lowest BCUT2D eigenvalue weighted by Crippen LogP contribution is -2.20. The Morgan fingerprint density at radius 1 is 1.62 bits per heavy atom. The number of rotatable bonds is 5. The molecule has 16 heavy (non-hydrogen) atoms. The van der Waals surface area contributed by atoms with Crippen LogP contribution >= 0.6 is 0 Å². The third-order valence-electron chi connectivity index (χ3n) is 2.12. The molecule has 6 nitrogen and oxygen atoms in total. The fourth-order valence-electron chi connectivity index (χ4n) is 1.22. The molecule has 1 heterocycles. The minimum absolute atomic E-state index is 0.0784. The van der Waals surface area contributed by atoms with Gasteiger partial charge in [0.1, 0.15) is 0 Å². The van der Waals surface area contributed by atoms with E-state index in [1.54, 1.807) is 6.92 Å². The summed E-state index contributed by atoms with van der Waals surface area (Å²) in [4.78, 5) is 25.7. The van der Waals surface area contributed by atoms with Crippen molar-refractivity contribution in [3.05, 3.63) is 12.0 Å². The Balaban J connectivity index is 2.59. The monoisotopic (exact) mass is 226 g/mol. The van der Waals surface area contributed by atoms with Crippen LogP contribution in [0.15, 0.2) is 10.6 Å². The highest BCUT2D eigenvalue weighted by molar-refractivity contribution is 5.91. The summed E-state index contributed by atoms with van der Waals surface area (Å²) in [5, 5.41) is 11.0. The summed E-state index contributed by atoms with van der Waals surface area (Å²) >= 11 is 0. The normalized spacial score (nSPS) is 12.1. The van der Waals surface area contributed by atoms with Crippen LogP contribution < -0.4 is 5.32 Å². The van der Waals surface area contributed by atoms with Crippen molar-refractivity contribution >= 4 is 17.9 Å². The fourth-order valence-corrected chi connectivity index (χ4v) is 1.22. The number of hydrogen-bond donors (Lipinski definition) is 2. The molecule has 0 radical (unpaired) electrons. The van der Waals surface area contributed by atoms with Gasteiger partial charge in [-0.05, 0) is 6.42 Å². The molecule has 1 aromatic heterocycles. The summed E-state index contributed by atoms with van der Waals surface area (Å²) < 4.78 is 4.80. The lowest BCUT2D eigenvalue weighted by atomic mass is 10.1. The van der Waals surface area contributed by atoms with Gasteiger partial charge in [-0.1, -0.05) is 20.3 Å². The zero-order valence-electron chi connectivity index (χ0n) is 9.19. The Labute approximate surface area is 92.7 Å².